The number of non-ortho nitro benzene ring substituents is 1. The lowest BCUT2D eigenvalue weighted by atomic mass is 9.66. The van der Waals surface area contributed by atoms with E-state index in [-0.39, 0.29) is 29.5 Å². The number of nitro benzene ring substituents is 1. The summed E-state index contributed by atoms with van der Waals surface area (Å²) in [6.45, 7) is 5.52. The van der Waals surface area contributed by atoms with E-state index in [1.54, 1.807) is 12.1 Å². The number of phenols is 1. The minimum absolute atomic E-state index is 0.0307. The average Bonchev–Trinajstić information content (AvgIpc) is 3.19. The van der Waals surface area contributed by atoms with Crippen molar-refractivity contribution in [3.63, 3.8) is 0 Å². The zero-order chi connectivity index (χ0) is 29.1. The topological polar surface area (TPSA) is 141 Å². The second-order valence-electron chi connectivity index (χ2n) is 10.8. The lowest BCUT2D eigenvalue weighted by Gasteiger charge is -2.38. The number of nitro groups is 1. The normalized spacial score (nSPS) is 22.2. The van der Waals surface area contributed by atoms with E-state index in [0.717, 1.165) is 22.5 Å². The predicted octanol–water partition coefficient (Wildman–Crippen LogP) is 5.01. The minimum atomic E-state index is -0.940. The summed E-state index contributed by atoms with van der Waals surface area (Å²) in [7, 11) is 0. The number of benzene rings is 2. The number of allylic oxidation sites excluding steroid dienone is 2. The van der Waals surface area contributed by atoms with Crippen molar-refractivity contribution in [1.29, 1.82) is 0 Å². The molecule has 2 aromatic rings. The number of rotatable bonds is 10. The van der Waals surface area contributed by atoms with Crippen molar-refractivity contribution < 1.29 is 29.8 Å². The first kappa shape index (κ1) is 29.2. The number of carbonyl (C=O) groups excluding carboxylic acids is 2. The third kappa shape index (κ3) is 5.57. The maximum atomic E-state index is 13.7. The van der Waals surface area contributed by atoms with E-state index in [9.17, 15) is 35.0 Å². The maximum absolute atomic E-state index is 13.7. The highest BCUT2D eigenvalue weighted by molar-refractivity contribution is 6.22. The fourth-order valence-corrected chi connectivity index (χ4v) is 6.10. The van der Waals surface area contributed by atoms with Crippen molar-refractivity contribution >= 4 is 29.3 Å². The van der Waals surface area contributed by atoms with Crippen LogP contribution in [0.2, 0.25) is 0 Å². The Hall–Kier alpha value is -3.82. The molecule has 3 N–H and O–H groups in total. The zero-order valence-corrected chi connectivity index (χ0v) is 23.0. The summed E-state index contributed by atoms with van der Waals surface area (Å²) in [6, 6.07) is 12.5. The molecule has 212 valence electrons. The van der Waals surface area contributed by atoms with Crippen molar-refractivity contribution in [2.24, 2.45) is 23.7 Å². The predicted molar refractivity (Wildman–Crippen MR) is 151 cm³/mol. The second-order valence-corrected chi connectivity index (χ2v) is 10.8. The molecule has 9 nitrogen and oxygen atoms in total. The summed E-state index contributed by atoms with van der Waals surface area (Å²) >= 11 is 0. The number of aromatic hydroxyl groups is 1. The Labute approximate surface area is 233 Å². The largest absolute Gasteiger partial charge is 0.507 e. The lowest BCUT2D eigenvalue weighted by molar-refractivity contribution is -0.384. The smallest absolute Gasteiger partial charge is 0.271 e. The number of amides is 2. The van der Waals surface area contributed by atoms with Crippen LogP contribution in [0, 0.1) is 33.8 Å². The molecule has 0 spiro atoms. The van der Waals surface area contributed by atoms with Crippen LogP contribution in [0.15, 0.2) is 65.3 Å². The summed E-state index contributed by atoms with van der Waals surface area (Å²) in [5, 5.41) is 43.5. The summed E-state index contributed by atoms with van der Waals surface area (Å²) in [6.07, 6.45) is 2.86. The molecule has 9 heteroatoms. The number of imide groups is 1. The van der Waals surface area contributed by atoms with Gasteiger partial charge in [-0.15, -0.1) is 0 Å². The Bertz CT molecular complexity index is 1360. The van der Waals surface area contributed by atoms with Crippen molar-refractivity contribution in [3.8, 4) is 5.75 Å². The van der Waals surface area contributed by atoms with Crippen LogP contribution in [0.5, 0.6) is 5.75 Å². The summed E-state index contributed by atoms with van der Waals surface area (Å²) in [4.78, 5) is 38.9. The molecular formula is C31H36N2O7. The third-order valence-electron chi connectivity index (χ3n) is 8.16. The fraction of sp³-hybridized carbons (Fsp3) is 0.419. The van der Waals surface area contributed by atoms with E-state index >= 15 is 0 Å². The van der Waals surface area contributed by atoms with Crippen molar-refractivity contribution in [3.05, 3.63) is 80.9 Å². The van der Waals surface area contributed by atoms with Crippen molar-refractivity contribution in [2.45, 2.75) is 52.6 Å². The van der Waals surface area contributed by atoms with E-state index in [1.807, 2.05) is 39.0 Å². The first-order valence-electron chi connectivity index (χ1n) is 13.7. The first-order valence-corrected chi connectivity index (χ1v) is 13.7. The number of hydrogen-bond acceptors (Lipinski definition) is 7. The molecule has 2 aromatic carbocycles. The molecular weight excluding hydrogens is 512 g/mol. The Morgan fingerprint density at radius 1 is 1.15 bits per heavy atom. The van der Waals surface area contributed by atoms with Crippen LogP contribution in [0.25, 0.3) is 6.08 Å². The summed E-state index contributed by atoms with van der Waals surface area (Å²) in [5.74, 6) is -3.16. The molecule has 1 saturated heterocycles. The Kier molecular flexibility index (Phi) is 8.85. The Balaban J connectivity index is 1.63. The number of fused-ring (bicyclic) bond motifs is 1. The zero-order valence-electron chi connectivity index (χ0n) is 23.0. The quantitative estimate of drug-likeness (QED) is 0.164. The van der Waals surface area contributed by atoms with Gasteiger partial charge in [0.25, 0.3) is 5.69 Å². The van der Waals surface area contributed by atoms with Crippen LogP contribution in [-0.2, 0) is 9.59 Å². The molecule has 0 aromatic heterocycles. The number of nitrogens with zero attached hydrogens (tertiary/aromatic N) is 2. The molecule has 2 amide bonds. The molecule has 1 aliphatic heterocycles. The van der Waals surface area contributed by atoms with Crippen LogP contribution in [-0.4, -0.2) is 44.8 Å². The molecule has 1 aliphatic carbocycles. The summed E-state index contributed by atoms with van der Waals surface area (Å²) in [5.41, 5.74) is 3.10. The lowest BCUT2D eigenvalue weighted by Crippen LogP contribution is -2.39. The highest BCUT2D eigenvalue weighted by Gasteiger charge is 2.55. The van der Waals surface area contributed by atoms with Gasteiger partial charge in [-0.2, -0.15) is 0 Å². The number of carbonyl (C=O) groups is 2. The number of phenolic OH excluding ortho intramolecular Hbond substituents is 1. The van der Waals surface area contributed by atoms with Gasteiger partial charge in [0.05, 0.1) is 35.2 Å². The van der Waals surface area contributed by atoms with E-state index in [0.29, 0.717) is 24.0 Å². The third-order valence-corrected chi connectivity index (χ3v) is 8.16. The molecule has 4 atom stereocenters. The van der Waals surface area contributed by atoms with Gasteiger partial charge in [-0.1, -0.05) is 62.3 Å². The monoisotopic (exact) mass is 548 g/mol. The SMILES string of the molecule is CC/C(=C\c1ccccc1O)CC[C@@H](O)C1=C(C(C)C)C[C@H]2C(=O)N(c3cccc([N+](=O)[O-])c3)C(=O)[C@H]2[C@H]1CO. The average molecular weight is 549 g/mol. The van der Waals surface area contributed by atoms with Crippen molar-refractivity contribution in [1.82, 2.24) is 0 Å². The molecule has 0 unspecified atom stereocenters. The standard InChI is InChI=1S/C31H36N2O7/c1-4-19(14-20-8-5-6-11-26(20)35)12-13-27(36)28-23(18(2)3)16-24-29(25(28)17-34)31(38)32(30(24)37)21-9-7-10-22(15-21)33(39)40/h5-11,14-15,18,24-25,27,29,34-36H,4,12-13,16-17H2,1-3H3/b19-14+/t24-,25+,27-,29-/m1/s1. The molecule has 2 aliphatic rings. The van der Waals surface area contributed by atoms with Gasteiger partial charge in [0.1, 0.15) is 5.75 Å². The molecule has 0 saturated carbocycles. The number of aliphatic hydroxyl groups is 2. The van der Waals surface area contributed by atoms with E-state index in [2.05, 4.69) is 0 Å². The van der Waals surface area contributed by atoms with E-state index < -0.39 is 47.2 Å². The van der Waals surface area contributed by atoms with Gasteiger partial charge >= 0.3 is 0 Å². The fourth-order valence-electron chi connectivity index (χ4n) is 6.10. The van der Waals surface area contributed by atoms with Gasteiger partial charge in [0, 0.05) is 23.6 Å². The van der Waals surface area contributed by atoms with Gasteiger partial charge in [-0.3, -0.25) is 19.7 Å². The highest BCUT2D eigenvalue weighted by atomic mass is 16.6. The number of anilines is 1. The summed E-state index contributed by atoms with van der Waals surface area (Å²) < 4.78 is 0. The van der Waals surface area contributed by atoms with Crippen LogP contribution >= 0.6 is 0 Å². The second kappa shape index (κ2) is 12.1. The molecule has 0 radical (unpaired) electrons. The molecule has 1 heterocycles. The number of hydrogen-bond donors (Lipinski definition) is 3. The minimum Gasteiger partial charge on any atom is -0.507 e. The van der Waals surface area contributed by atoms with E-state index in [4.69, 9.17) is 0 Å². The molecule has 1 fully saturated rings. The van der Waals surface area contributed by atoms with Gasteiger partial charge in [-0.05, 0) is 49.3 Å². The first-order chi connectivity index (χ1) is 19.1. The molecule has 40 heavy (non-hydrogen) atoms. The maximum Gasteiger partial charge on any atom is 0.271 e. The van der Waals surface area contributed by atoms with Crippen LogP contribution in [0.3, 0.4) is 0 Å². The molecule has 4 rings (SSSR count). The van der Waals surface area contributed by atoms with Crippen LogP contribution in [0.1, 0.15) is 52.0 Å². The van der Waals surface area contributed by atoms with Gasteiger partial charge < -0.3 is 15.3 Å². The highest BCUT2D eigenvalue weighted by Crippen LogP contribution is 2.49. The number of para-hydroxylation sites is 1. The number of aliphatic hydroxyl groups excluding tert-OH is 2. The van der Waals surface area contributed by atoms with Gasteiger partial charge in [0.15, 0.2) is 0 Å². The van der Waals surface area contributed by atoms with Gasteiger partial charge in [0.2, 0.25) is 11.8 Å². The van der Waals surface area contributed by atoms with Gasteiger partial charge in [-0.25, -0.2) is 4.90 Å². The Morgan fingerprint density at radius 3 is 2.50 bits per heavy atom. The Morgan fingerprint density at radius 2 is 1.88 bits per heavy atom. The van der Waals surface area contributed by atoms with Crippen molar-refractivity contribution in [2.75, 3.05) is 11.5 Å². The van der Waals surface area contributed by atoms with E-state index in [1.165, 1.54) is 24.3 Å². The van der Waals surface area contributed by atoms with Crippen LogP contribution < -0.4 is 4.90 Å². The molecule has 0 bridgehead atoms. The van der Waals surface area contributed by atoms with Crippen LogP contribution in [0.4, 0.5) is 11.4 Å².